The van der Waals surface area contributed by atoms with E-state index < -0.39 is 5.54 Å². The molecule has 0 aromatic rings. The van der Waals surface area contributed by atoms with Gasteiger partial charge in [0, 0.05) is 14.2 Å². The van der Waals surface area contributed by atoms with Crippen molar-refractivity contribution in [2.24, 2.45) is 0 Å². The number of nitrogens with zero attached hydrogens (tertiary/aromatic N) is 2. The van der Waals surface area contributed by atoms with Gasteiger partial charge in [0.2, 0.25) is 0 Å². The van der Waals surface area contributed by atoms with Crippen molar-refractivity contribution in [2.75, 3.05) is 27.3 Å². The molecule has 0 spiro atoms. The van der Waals surface area contributed by atoms with Crippen LogP contribution in [0.4, 0.5) is 4.79 Å². The van der Waals surface area contributed by atoms with E-state index in [9.17, 15) is 9.59 Å². The van der Waals surface area contributed by atoms with Crippen molar-refractivity contribution < 1.29 is 14.3 Å². The molecule has 14 heavy (non-hydrogen) atoms. The normalized spacial score (nSPS) is 20.9. The lowest BCUT2D eigenvalue weighted by Gasteiger charge is -2.22. The molecule has 0 aromatic heterocycles. The molecule has 0 saturated carbocycles. The van der Waals surface area contributed by atoms with E-state index in [1.165, 1.54) is 9.80 Å². The monoisotopic (exact) mass is 200 g/mol. The molecular weight excluding hydrogens is 184 g/mol. The third-order valence-corrected chi connectivity index (χ3v) is 2.64. The zero-order valence-electron chi connectivity index (χ0n) is 9.03. The minimum atomic E-state index is -0.731. The van der Waals surface area contributed by atoms with Gasteiger partial charge < -0.3 is 9.64 Å². The van der Waals surface area contributed by atoms with Gasteiger partial charge in [0.25, 0.3) is 5.91 Å². The van der Waals surface area contributed by atoms with Crippen LogP contribution < -0.4 is 0 Å². The van der Waals surface area contributed by atoms with Crippen LogP contribution in [-0.2, 0) is 9.53 Å². The molecule has 0 N–H and O–H groups in total. The zero-order chi connectivity index (χ0) is 10.9. The summed E-state index contributed by atoms with van der Waals surface area (Å²) in [6.07, 6.45) is 0. The maximum absolute atomic E-state index is 11.8. The fourth-order valence-corrected chi connectivity index (χ4v) is 1.36. The predicted molar refractivity (Wildman–Crippen MR) is 50.8 cm³/mol. The molecule has 1 aliphatic heterocycles. The molecule has 1 aliphatic rings. The second-order valence-corrected chi connectivity index (χ2v) is 3.85. The van der Waals surface area contributed by atoms with Crippen molar-refractivity contribution in [3.63, 3.8) is 0 Å². The van der Waals surface area contributed by atoms with Gasteiger partial charge in [0.15, 0.2) is 0 Å². The van der Waals surface area contributed by atoms with Gasteiger partial charge in [-0.15, -0.1) is 0 Å². The Morgan fingerprint density at radius 2 is 1.93 bits per heavy atom. The molecule has 0 radical (unpaired) electrons. The largest absolute Gasteiger partial charge is 0.383 e. The summed E-state index contributed by atoms with van der Waals surface area (Å²) in [5.74, 6) is -0.165. The van der Waals surface area contributed by atoms with Crippen molar-refractivity contribution in [2.45, 2.75) is 19.4 Å². The van der Waals surface area contributed by atoms with Crippen LogP contribution in [0.15, 0.2) is 0 Å². The van der Waals surface area contributed by atoms with Crippen molar-refractivity contribution in [1.29, 1.82) is 0 Å². The van der Waals surface area contributed by atoms with Gasteiger partial charge in [-0.2, -0.15) is 0 Å². The highest BCUT2D eigenvalue weighted by Gasteiger charge is 2.48. The van der Waals surface area contributed by atoms with Gasteiger partial charge in [0.05, 0.1) is 13.2 Å². The molecule has 0 aromatic carbocycles. The number of hydrogen-bond donors (Lipinski definition) is 0. The Kier molecular flexibility index (Phi) is 2.80. The second kappa shape index (κ2) is 3.57. The first-order chi connectivity index (χ1) is 6.42. The quantitative estimate of drug-likeness (QED) is 0.616. The van der Waals surface area contributed by atoms with E-state index in [-0.39, 0.29) is 11.9 Å². The van der Waals surface area contributed by atoms with Crippen LogP contribution in [0, 0.1) is 0 Å². The predicted octanol–water partition coefficient (Wildman–Crippen LogP) is 0.305. The molecule has 0 atom stereocenters. The number of rotatable bonds is 3. The molecule has 1 fully saturated rings. The van der Waals surface area contributed by atoms with Gasteiger partial charge in [-0.05, 0) is 13.8 Å². The molecule has 1 saturated heterocycles. The Bertz CT molecular complexity index is 263. The fourth-order valence-electron chi connectivity index (χ4n) is 1.36. The highest BCUT2D eigenvalue weighted by Crippen LogP contribution is 2.25. The van der Waals surface area contributed by atoms with Crippen LogP contribution in [0.2, 0.25) is 0 Å². The Balaban J connectivity index is 2.80. The molecule has 0 unspecified atom stereocenters. The molecule has 5 nitrogen and oxygen atoms in total. The molecule has 80 valence electrons. The molecule has 3 amide bonds. The lowest BCUT2D eigenvalue weighted by molar-refractivity contribution is -0.132. The van der Waals surface area contributed by atoms with Crippen LogP contribution in [0.5, 0.6) is 0 Å². The van der Waals surface area contributed by atoms with E-state index in [1.54, 1.807) is 28.0 Å². The summed E-state index contributed by atoms with van der Waals surface area (Å²) < 4.78 is 4.84. The van der Waals surface area contributed by atoms with E-state index in [4.69, 9.17) is 4.74 Å². The number of hydrogen-bond acceptors (Lipinski definition) is 3. The van der Waals surface area contributed by atoms with Crippen LogP contribution in [0.25, 0.3) is 0 Å². The average molecular weight is 200 g/mol. The number of urea groups is 1. The van der Waals surface area contributed by atoms with Crippen LogP contribution in [0.1, 0.15) is 13.8 Å². The highest BCUT2D eigenvalue weighted by molar-refractivity contribution is 6.06. The summed E-state index contributed by atoms with van der Waals surface area (Å²) in [5.41, 5.74) is -0.731. The molecule has 0 aliphatic carbocycles. The first kappa shape index (κ1) is 11.0. The summed E-state index contributed by atoms with van der Waals surface area (Å²) in [6.45, 7) is 4.17. The van der Waals surface area contributed by atoms with Crippen LogP contribution in [0.3, 0.4) is 0 Å². The molecule has 1 rings (SSSR count). The third-order valence-electron chi connectivity index (χ3n) is 2.64. The number of carbonyl (C=O) groups excluding carboxylic acids is 2. The standard InChI is InChI=1S/C9H16N2O3/c1-9(2)7(12)11(5-6-14-4)8(13)10(9)3/h5-6H2,1-4H3. The second-order valence-electron chi connectivity index (χ2n) is 3.85. The van der Waals surface area contributed by atoms with Gasteiger partial charge in [-0.1, -0.05) is 0 Å². The number of likely N-dealkylation sites (N-methyl/N-ethyl adjacent to an activating group) is 1. The van der Waals surface area contributed by atoms with Gasteiger partial charge >= 0.3 is 6.03 Å². The number of methoxy groups -OCH3 is 1. The number of ether oxygens (including phenoxy) is 1. The first-order valence-corrected chi connectivity index (χ1v) is 4.51. The number of imide groups is 1. The number of amides is 3. The lowest BCUT2D eigenvalue weighted by atomic mass is 10.1. The van der Waals surface area contributed by atoms with Crippen molar-refractivity contribution in [3.05, 3.63) is 0 Å². The SMILES string of the molecule is COCCN1C(=O)N(C)C(C)(C)C1=O. The Morgan fingerprint density at radius 3 is 2.29 bits per heavy atom. The summed E-state index contributed by atoms with van der Waals surface area (Å²) in [6, 6.07) is -0.253. The average Bonchev–Trinajstić information content (AvgIpc) is 2.28. The Hall–Kier alpha value is -1.10. The van der Waals surface area contributed by atoms with Crippen molar-refractivity contribution >= 4 is 11.9 Å². The van der Waals surface area contributed by atoms with E-state index in [1.807, 2.05) is 0 Å². The highest BCUT2D eigenvalue weighted by atomic mass is 16.5. The van der Waals surface area contributed by atoms with Gasteiger partial charge in [0.1, 0.15) is 5.54 Å². The van der Waals surface area contributed by atoms with Crippen molar-refractivity contribution in [3.8, 4) is 0 Å². The minimum Gasteiger partial charge on any atom is -0.383 e. The number of carbonyl (C=O) groups is 2. The van der Waals surface area contributed by atoms with Gasteiger partial charge in [-0.3, -0.25) is 9.69 Å². The molecular formula is C9H16N2O3. The van der Waals surface area contributed by atoms with Crippen LogP contribution in [-0.4, -0.2) is 54.6 Å². The summed E-state index contributed by atoms with van der Waals surface area (Å²) in [4.78, 5) is 26.0. The first-order valence-electron chi connectivity index (χ1n) is 4.51. The van der Waals surface area contributed by atoms with Crippen molar-refractivity contribution in [1.82, 2.24) is 9.80 Å². The molecule has 5 heteroatoms. The maximum Gasteiger partial charge on any atom is 0.327 e. The Morgan fingerprint density at radius 1 is 1.36 bits per heavy atom. The van der Waals surface area contributed by atoms with E-state index in [0.29, 0.717) is 13.2 Å². The third kappa shape index (κ3) is 1.48. The minimum absolute atomic E-state index is 0.165. The zero-order valence-corrected chi connectivity index (χ0v) is 9.03. The molecule has 0 bridgehead atoms. The molecule has 1 heterocycles. The smallest absolute Gasteiger partial charge is 0.327 e. The van der Waals surface area contributed by atoms with E-state index >= 15 is 0 Å². The topological polar surface area (TPSA) is 49.9 Å². The summed E-state index contributed by atoms with van der Waals surface area (Å²) in [7, 11) is 3.17. The summed E-state index contributed by atoms with van der Waals surface area (Å²) in [5, 5.41) is 0. The van der Waals surface area contributed by atoms with E-state index in [2.05, 4.69) is 0 Å². The van der Waals surface area contributed by atoms with E-state index in [0.717, 1.165) is 0 Å². The lowest BCUT2D eigenvalue weighted by Crippen LogP contribution is -2.41. The summed E-state index contributed by atoms with van der Waals surface area (Å²) >= 11 is 0. The maximum atomic E-state index is 11.8. The van der Waals surface area contributed by atoms with Crippen LogP contribution >= 0.6 is 0 Å². The Labute approximate surface area is 83.6 Å². The fraction of sp³-hybridized carbons (Fsp3) is 0.778. The van der Waals surface area contributed by atoms with Gasteiger partial charge in [-0.25, -0.2) is 4.79 Å².